The third-order valence-electron chi connectivity index (χ3n) is 2.93. The number of hydrogen-bond donors (Lipinski definition) is 0. The summed E-state index contributed by atoms with van der Waals surface area (Å²) in [6, 6.07) is 0. The van der Waals surface area contributed by atoms with E-state index in [1.165, 1.54) is 4.90 Å². The molecule has 0 aromatic heterocycles. The van der Waals surface area contributed by atoms with Gasteiger partial charge in [0.2, 0.25) is 0 Å². The molecule has 0 unspecified atom stereocenters. The average molecular weight is 215 g/mol. The van der Waals surface area contributed by atoms with Crippen molar-refractivity contribution in [3.05, 3.63) is 0 Å². The number of amides is 1. The molecule has 1 amide bonds. The Kier molecular flexibility index (Phi) is 3.91. The molecular formula is C11H21NO3. The van der Waals surface area contributed by atoms with Gasteiger partial charge in [0.15, 0.2) is 0 Å². The largest absolute Gasteiger partial charge is 0.417 e. The van der Waals surface area contributed by atoms with Gasteiger partial charge in [0.05, 0.1) is 5.41 Å². The van der Waals surface area contributed by atoms with E-state index in [1.807, 2.05) is 20.8 Å². The first-order valence-corrected chi connectivity index (χ1v) is 4.93. The topological polar surface area (TPSA) is 46.6 Å². The molecule has 0 radical (unpaired) electrons. The molecule has 15 heavy (non-hydrogen) atoms. The summed E-state index contributed by atoms with van der Waals surface area (Å²) in [6.07, 6.45) is -0.627. The Morgan fingerprint density at radius 1 is 1.00 bits per heavy atom. The van der Waals surface area contributed by atoms with Gasteiger partial charge in [0, 0.05) is 14.1 Å². The zero-order chi connectivity index (χ0) is 12.4. The fourth-order valence-electron chi connectivity index (χ4n) is 0.604. The highest BCUT2D eigenvalue weighted by atomic mass is 16.6. The molecule has 0 fully saturated rings. The third kappa shape index (κ3) is 3.22. The second-order valence-corrected chi connectivity index (χ2v) is 5.42. The van der Waals surface area contributed by atoms with Crippen molar-refractivity contribution in [3.8, 4) is 0 Å². The highest BCUT2D eigenvalue weighted by molar-refractivity contribution is 5.88. The maximum atomic E-state index is 11.8. The van der Waals surface area contributed by atoms with Crippen LogP contribution in [0.1, 0.15) is 34.6 Å². The van der Waals surface area contributed by atoms with E-state index in [4.69, 9.17) is 4.74 Å². The van der Waals surface area contributed by atoms with Crippen LogP contribution in [0.2, 0.25) is 0 Å². The molecule has 0 heterocycles. The summed E-state index contributed by atoms with van der Waals surface area (Å²) >= 11 is 0. The predicted octanol–water partition coefficient (Wildman–Crippen LogP) is 2.28. The van der Waals surface area contributed by atoms with Gasteiger partial charge in [0.1, 0.15) is 0 Å². The van der Waals surface area contributed by atoms with Gasteiger partial charge in [-0.15, -0.1) is 0 Å². The van der Waals surface area contributed by atoms with Crippen LogP contribution in [0.3, 0.4) is 0 Å². The number of carbonyl (C=O) groups is 2. The summed E-state index contributed by atoms with van der Waals surface area (Å²) < 4.78 is 4.75. The van der Waals surface area contributed by atoms with Crippen LogP contribution >= 0.6 is 0 Å². The Morgan fingerprint density at radius 2 is 1.40 bits per heavy atom. The van der Waals surface area contributed by atoms with Gasteiger partial charge >= 0.3 is 12.1 Å². The minimum atomic E-state index is -0.696. The smallest absolute Gasteiger partial charge is 0.376 e. The molecule has 0 aromatic carbocycles. The second-order valence-electron chi connectivity index (χ2n) is 5.42. The zero-order valence-electron chi connectivity index (χ0n) is 10.7. The fraction of sp³-hybridized carbons (Fsp3) is 0.818. The number of carbonyl (C=O) groups excluding carboxylic acids is 2. The Bertz CT molecular complexity index is 261. The van der Waals surface area contributed by atoms with Crippen molar-refractivity contribution >= 4 is 12.1 Å². The first kappa shape index (κ1) is 13.9. The lowest BCUT2D eigenvalue weighted by molar-refractivity contribution is -0.154. The Labute approximate surface area is 91.6 Å². The van der Waals surface area contributed by atoms with Gasteiger partial charge in [-0.3, -0.25) is 4.79 Å². The summed E-state index contributed by atoms with van der Waals surface area (Å²) in [5, 5.41) is 0. The molecular weight excluding hydrogens is 194 g/mol. The normalized spacial score (nSPS) is 12.2. The first-order chi connectivity index (χ1) is 6.50. The van der Waals surface area contributed by atoms with Gasteiger partial charge in [0.25, 0.3) is 0 Å². The zero-order valence-corrected chi connectivity index (χ0v) is 10.7. The van der Waals surface area contributed by atoms with Crippen LogP contribution in [-0.2, 0) is 9.53 Å². The lowest BCUT2D eigenvalue weighted by Gasteiger charge is -2.35. The van der Waals surface area contributed by atoms with E-state index in [9.17, 15) is 9.59 Å². The minimum absolute atomic E-state index is 0.253. The van der Waals surface area contributed by atoms with Crippen molar-refractivity contribution < 1.29 is 14.3 Å². The molecule has 0 saturated heterocycles. The molecule has 0 aliphatic heterocycles. The summed E-state index contributed by atoms with van der Waals surface area (Å²) in [7, 11) is 3.08. The molecule has 0 bridgehead atoms. The summed E-state index contributed by atoms with van der Waals surface area (Å²) in [4.78, 5) is 24.2. The predicted molar refractivity (Wildman–Crippen MR) is 58.4 cm³/mol. The quantitative estimate of drug-likeness (QED) is 0.498. The molecule has 0 saturated carbocycles. The van der Waals surface area contributed by atoms with Crippen LogP contribution < -0.4 is 0 Å². The molecule has 0 rings (SSSR count). The molecule has 0 aliphatic rings. The van der Waals surface area contributed by atoms with Crippen LogP contribution in [0, 0.1) is 10.8 Å². The molecule has 0 spiro atoms. The summed E-state index contributed by atoms with van der Waals surface area (Å²) in [5.41, 5.74) is -0.949. The Balaban J connectivity index is 4.67. The summed E-state index contributed by atoms with van der Waals surface area (Å²) in [6.45, 7) is 9.37. The van der Waals surface area contributed by atoms with Crippen LogP contribution in [0.15, 0.2) is 0 Å². The maximum absolute atomic E-state index is 11.8. The summed E-state index contributed by atoms with van der Waals surface area (Å²) in [5.74, 6) is -0.492. The number of nitrogens with zero attached hydrogens (tertiary/aromatic N) is 1. The lowest BCUT2D eigenvalue weighted by atomic mass is 9.69. The molecule has 4 nitrogen and oxygen atoms in total. The standard InChI is InChI=1S/C11H21NO3/c1-10(2,3)11(4,5)8(13)15-9(14)12(6)7/h1-7H3. The molecule has 0 atom stereocenters. The fourth-order valence-corrected chi connectivity index (χ4v) is 0.604. The maximum Gasteiger partial charge on any atom is 0.417 e. The molecule has 0 N–H and O–H groups in total. The molecule has 88 valence electrons. The van der Waals surface area contributed by atoms with Crippen LogP contribution in [-0.4, -0.2) is 31.1 Å². The first-order valence-electron chi connectivity index (χ1n) is 4.93. The van der Waals surface area contributed by atoms with Crippen molar-refractivity contribution in [1.29, 1.82) is 0 Å². The third-order valence-corrected chi connectivity index (χ3v) is 2.93. The van der Waals surface area contributed by atoms with Crippen LogP contribution in [0.5, 0.6) is 0 Å². The van der Waals surface area contributed by atoms with Gasteiger partial charge < -0.3 is 9.64 Å². The highest BCUT2D eigenvalue weighted by Crippen LogP contribution is 2.38. The van der Waals surface area contributed by atoms with E-state index < -0.39 is 17.5 Å². The SMILES string of the molecule is CN(C)C(=O)OC(=O)C(C)(C)C(C)(C)C. The average Bonchev–Trinajstić information content (AvgIpc) is 2.01. The van der Waals surface area contributed by atoms with Crippen LogP contribution in [0.4, 0.5) is 4.79 Å². The molecule has 4 heteroatoms. The monoisotopic (exact) mass is 215 g/mol. The minimum Gasteiger partial charge on any atom is -0.376 e. The van der Waals surface area contributed by atoms with E-state index in [1.54, 1.807) is 27.9 Å². The molecule has 0 aliphatic carbocycles. The van der Waals surface area contributed by atoms with Crippen molar-refractivity contribution in [2.45, 2.75) is 34.6 Å². The van der Waals surface area contributed by atoms with Gasteiger partial charge in [-0.25, -0.2) is 4.79 Å². The van der Waals surface area contributed by atoms with E-state index >= 15 is 0 Å². The highest BCUT2D eigenvalue weighted by Gasteiger charge is 2.42. The van der Waals surface area contributed by atoms with Gasteiger partial charge in [-0.1, -0.05) is 20.8 Å². The van der Waals surface area contributed by atoms with Crippen LogP contribution in [0.25, 0.3) is 0 Å². The van der Waals surface area contributed by atoms with Gasteiger partial charge in [-0.05, 0) is 19.3 Å². The van der Waals surface area contributed by atoms with Gasteiger partial charge in [-0.2, -0.15) is 0 Å². The number of hydrogen-bond acceptors (Lipinski definition) is 3. The van der Waals surface area contributed by atoms with Crippen molar-refractivity contribution in [2.24, 2.45) is 10.8 Å². The number of ether oxygens (including phenoxy) is 1. The Hall–Kier alpha value is -1.06. The van der Waals surface area contributed by atoms with E-state index in [0.29, 0.717) is 0 Å². The second kappa shape index (κ2) is 4.21. The van der Waals surface area contributed by atoms with Crippen molar-refractivity contribution in [2.75, 3.05) is 14.1 Å². The van der Waals surface area contributed by atoms with Crippen molar-refractivity contribution in [1.82, 2.24) is 4.90 Å². The van der Waals surface area contributed by atoms with E-state index in [0.717, 1.165) is 0 Å². The number of rotatable bonds is 1. The van der Waals surface area contributed by atoms with Crippen molar-refractivity contribution in [3.63, 3.8) is 0 Å². The molecule has 0 aromatic rings. The lowest BCUT2D eigenvalue weighted by Crippen LogP contribution is -2.41. The van der Waals surface area contributed by atoms with E-state index in [-0.39, 0.29) is 5.41 Å². The number of esters is 1. The van der Waals surface area contributed by atoms with E-state index in [2.05, 4.69) is 0 Å². The Morgan fingerprint density at radius 3 is 1.67 bits per heavy atom.